The highest BCUT2D eigenvalue weighted by Crippen LogP contribution is 2.17. The van der Waals surface area contributed by atoms with Crippen molar-refractivity contribution in [3.8, 4) is 5.75 Å². The lowest BCUT2D eigenvalue weighted by molar-refractivity contribution is -0.123. The fourth-order valence-electron chi connectivity index (χ4n) is 1.13. The van der Waals surface area contributed by atoms with E-state index in [1.54, 1.807) is 6.07 Å². The molecule has 0 saturated carbocycles. The number of carbonyl (C=O) groups is 1. The summed E-state index contributed by atoms with van der Waals surface area (Å²) in [5.41, 5.74) is 5.45. The monoisotopic (exact) mass is 336 g/mol. The maximum atomic E-state index is 11.4. The van der Waals surface area contributed by atoms with E-state index in [0.29, 0.717) is 18.8 Å². The Balaban J connectivity index is 0.00000289. The molecule has 0 fully saturated rings. The van der Waals surface area contributed by atoms with Crippen LogP contribution in [0, 0.1) is 5.92 Å². The zero-order chi connectivity index (χ0) is 12.7. The number of carbonyl (C=O) groups excluding carboxylic acids is 1. The molecule has 0 aliphatic carbocycles. The van der Waals surface area contributed by atoms with Crippen LogP contribution in [0.1, 0.15) is 6.92 Å². The number of ether oxygens (including phenoxy) is 1. The molecule has 0 saturated heterocycles. The van der Waals surface area contributed by atoms with Crippen molar-refractivity contribution in [3.05, 3.63) is 28.7 Å². The van der Waals surface area contributed by atoms with Crippen molar-refractivity contribution < 1.29 is 9.53 Å². The van der Waals surface area contributed by atoms with Gasteiger partial charge >= 0.3 is 0 Å². The zero-order valence-electron chi connectivity index (χ0n) is 10.2. The number of amides is 1. The first-order valence-electron chi connectivity index (χ1n) is 5.47. The van der Waals surface area contributed by atoms with E-state index in [-0.39, 0.29) is 30.8 Å². The Bertz CT molecular complexity index is 377. The van der Waals surface area contributed by atoms with Gasteiger partial charge in [0.2, 0.25) is 0 Å². The fraction of sp³-hybridized carbons (Fsp3) is 0.417. The molecule has 1 aromatic rings. The van der Waals surface area contributed by atoms with Gasteiger partial charge in [-0.2, -0.15) is 0 Å². The molecule has 0 spiro atoms. The molecule has 102 valence electrons. The highest BCUT2D eigenvalue weighted by molar-refractivity contribution is 9.10. The van der Waals surface area contributed by atoms with E-state index in [0.717, 1.165) is 4.47 Å². The molecule has 0 aliphatic rings. The van der Waals surface area contributed by atoms with Gasteiger partial charge in [0.15, 0.2) is 6.61 Å². The summed E-state index contributed by atoms with van der Waals surface area (Å²) in [5, 5.41) is 2.76. The van der Waals surface area contributed by atoms with E-state index < -0.39 is 0 Å². The van der Waals surface area contributed by atoms with Crippen molar-refractivity contribution in [2.45, 2.75) is 6.92 Å². The first-order chi connectivity index (χ1) is 8.11. The van der Waals surface area contributed by atoms with Gasteiger partial charge in [-0.3, -0.25) is 4.79 Å². The summed E-state index contributed by atoms with van der Waals surface area (Å²) < 4.78 is 6.26. The van der Waals surface area contributed by atoms with Crippen LogP contribution < -0.4 is 15.8 Å². The van der Waals surface area contributed by atoms with Gasteiger partial charge in [0.25, 0.3) is 5.91 Å². The van der Waals surface area contributed by atoms with Gasteiger partial charge in [-0.25, -0.2) is 0 Å². The lowest BCUT2D eigenvalue weighted by Crippen LogP contribution is -2.34. The molecule has 6 heteroatoms. The Morgan fingerprint density at radius 2 is 2.28 bits per heavy atom. The predicted molar refractivity (Wildman–Crippen MR) is 78.1 cm³/mol. The molecule has 0 radical (unpaired) electrons. The smallest absolute Gasteiger partial charge is 0.257 e. The number of hydrogen-bond donors (Lipinski definition) is 2. The first kappa shape index (κ1) is 17.2. The number of rotatable bonds is 6. The zero-order valence-corrected chi connectivity index (χ0v) is 12.6. The van der Waals surface area contributed by atoms with Gasteiger partial charge in [-0.1, -0.05) is 28.9 Å². The van der Waals surface area contributed by atoms with Crippen LogP contribution in [-0.4, -0.2) is 25.6 Å². The number of nitrogens with one attached hydrogen (secondary N) is 1. The van der Waals surface area contributed by atoms with Gasteiger partial charge < -0.3 is 15.8 Å². The number of benzene rings is 1. The molecule has 1 atom stereocenters. The van der Waals surface area contributed by atoms with Crippen LogP contribution in [0.3, 0.4) is 0 Å². The van der Waals surface area contributed by atoms with Gasteiger partial charge in [-0.15, -0.1) is 12.4 Å². The molecule has 1 unspecified atom stereocenters. The lowest BCUT2D eigenvalue weighted by atomic mass is 10.2. The Morgan fingerprint density at radius 3 is 2.89 bits per heavy atom. The minimum absolute atomic E-state index is 0. The summed E-state index contributed by atoms with van der Waals surface area (Å²) >= 11 is 3.33. The highest BCUT2D eigenvalue weighted by Gasteiger charge is 2.05. The molecule has 0 heterocycles. The molecule has 1 amide bonds. The molecule has 0 bridgehead atoms. The third-order valence-electron chi connectivity index (χ3n) is 2.22. The standard InChI is InChI=1S/C12H17BrN2O2.ClH/c1-9(6-14)7-15-12(16)8-17-11-4-2-3-10(13)5-11;/h2-5,9H,6-8,14H2,1H3,(H,15,16);1H. The summed E-state index contributed by atoms with van der Waals surface area (Å²) in [6, 6.07) is 7.38. The number of nitrogens with two attached hydrogens (primary N) is 1. The number of hydrogen-bond acceptors (Lipinski definition) is 3. The maximum Gasteiger partial charge on any atom is 0.257 e. The average Bonchev–Trinajstić information content (AvgIpc) is 2.33. The van der Waals surface area contributed by atoms with E-state index in [2.05, 4.69) is 21.2 Å². The Kier molecular flexibility index (Phi) is 8.79. The van der Waals surface area contributed by atoms with E-state index in [9.17, 15) is 4.79 Å². The normalized spacial score (nSPS) is 11.3. The van der Waals surface area contributed by atoms with E-state index in [1.807, 2.05) is 25.1 Å². The van der Waals surface area contributed by atoms with Crippen LogP contribution in [0.5, 0.6) is 5.75 Å². The van der Waals surface area contributed by atoms with Gasteiger partial charge in [0.05, 0.1) is 0 Å². The quantitative estimate of drug-likeness (QED) is 0.834. The van der Waals surface area contributed by atoms with Crippen molar-refractivity contribution in [2.75, 3.05) is 19.7 Å². The molecule has 4 nitrogen and oxygen atoms in total. The summed E-state index contributed by atoms with van der Waals surface area (Å²) in [7, 11) is 0. The van der Waals surface area contributed by atoms with Crippen molar-refractivity contribution in [1.82, 2.24) is 5.32 Å². The van der Waals surface area contributed by atoms with Crippen LogP contribution in [0.4, 0.5) is 0 Å². The lowest BCUT2D eigenvalue weighted by Gasteiger charge is -2.10. The molecule has 1 rings (SSSR count). The highest BCUT2D eigenvalue weighted by atomic mass is 79.9. The number of halogens is 2. The van der Waals surface area contributed by atoms with E-state index in [4.69, 9.17) is 10.5 Å². The molecule has 0 aliphatic heterocycles. The third kappa shape index (κ3) is 6.83. The largest absolute Gasteiger partial charge is 0.484 e. The SMILES string of the molecule is CC(CN)CNC(=O)COc1cccc(Br)c1.Cl. The van der Waals surface area contributed by atoms with Crippen molar-refractivity contribution >= 4 is 34.2 Å². The van der Waals surface area contributed by atoms with Gasteiger partial charge in [0, 0.05) is 11.0 Å². The van der Waals surface area contributed by atoms with Gasteiger partial charge in [-0.05, 0) is 30.7 Å². The second-order valence-electron chi connectivity index (χ2n) is 3.89. The minimum Gasteiger partial charge on any atom is -0.484 e. The summed E-state index contributed by atoms with van der Waals surface area (Å²) in [6.07, 6.45) is 0. The molecule has 1 aromatic carbocycles. The fourth-order valence-corrected chi connectivity index (χ4v) is 1.51. The van der Waals surface area contributed by atoms with Gasteiger partial charge in [0.1, 0.15) is 5.75 Å². The van der Waals surface area contributed by atoms with Crippen LogP contribution in [0.2, 0.25) is 0 Å². The van der Waals surface area contributed by atoms with Crippen LogP contribution >= 0.6 is 28.3 Å². The average molecular weight is 338 g/mol. The van der Waals surface area contributed by atoms with Crippen LogP contribution in [0.15, 0.2) is 28.7 Å². The third-order valence-corrected chi connectivity index (χ3v) is 2.71. The molecule has 18 heavy (non-hydrogen) atoms. The van der Waals surface area contributed by atoms with E-state index >= 15 is 0 Å². The van der Waals surface area contributed by atoms with Crippen LogP contribution in [0.25, 0.3) is 0 Å². The molecule has 3 N–H and O–H groups in total. The predicted octanol–water partition coefficient (Wildman–Crippen LogP) is 1.96. The van der Waals surface area contributed by atoms with Crippen molar-refractivity contribution in [3.63, 3.8) is 0 Å². The summed E-state index contributed by atoms with van der Waals surface area (Å²) in [5.74, 6) is 0.816. The minimum atomic E-state index is -0.134. The molecule has 0 aromatic heterocycles. The first-order valence-corrected chi connectivity index (χ1v) is 6.26. The van der Waals surface area contributed by atoms with Crippen LogP contribution in [-0.2, 0) is 4.79 Å². The van der Waals surface area contributed by atoms with E-state index in [1.165, 1.54) is 0 Å². The maximum absolute atomic E-state index is 11.4. The van der Waals surface area contributed by atoms with Crippen molar-refractivity contribution in [1.29, 1.82) is 0 Å². The second kappa shape index (κ2) is 9.19. The topological polar surface area (TPSA) is 64.3 Å². The summed E-state index contributed by atoms with van der Waals surface area (Å²) in [4.78, 5) is 11.4. The Labute approximate surface area is 122 Å². The Hall–Kier alpha value is -0.780. The Morgan fingerprint density at radius 1 is 1.56 bits per heavy atom. The molecular formula is C12H18BrClN2O2. The molecular weight excluding hydrogens is 320 g/mol. The second-order valence-corrected chi connectivity index (χ2v) is 4.81. The summed E-state index contributed by atoms with van der Waals surface area (Å²) in [6.45, 7) is 3.15. The van der Waals surface area contributed by atoms with Crippen molar-refractivity contribution in [2.24, 2.45) is 11.7 Å².